The Kier molecular flexibility index (Phi) is 6.87. The average Bonchev–Trinajstić information content (AvgIpc) is 2.72. The van der Waals surface area contributed by atoms with Crippen LogP contribution in [0, 0.1) is 6.92 Å². The molecule has 1 atom stereocenters. The van der Waals surface area contributed by atoms with Crippen LogP contribution in [0.25, 0.3) is 0 Å². The minimum Gasteiger partial charge on any atom is -0.457 e. The quantitative estimate of drug-likeness (QED) is 0.525. The van der Waals surface area contributed by atoms with Gasteiger partial charge in [-0.3, -0.25) is 9.10 Å². The van der Waals surface area contributed by atoms with Gasteiger partial charge >= 0.3 is 0 Å². The maximum absolute atomic E-state index is 12.9. The molecular formula is C23H23ClN2O4S. The lowest BCUT2D eigenvalue weighted by Crippen LogP contribution is -2.45. The summed E-state index contributed by atoms with van der Waals surface area (Å²) in [6.45, 7) is 3.30. The van der Waals surface area contributed by atoms with Gasteiger partial charge in [0.2, 0.25) is 15.9 Å². The van der Waals surface area contributed by atoms with Crippen LogP contribution in [0.4, 0.5) is 11.4 Å². The van der Waals surface area contributed by atoms with Gasteiger partial charge in [-0.2, -0.15) is 0 Å². The number of carbonyl (C=O) groups is 1. The lowest BCUT2D eigenvalue weighted by Gasteiger charge is -2.29. The van der Waals surface area contributed by atoms with Gasteiger partial charge in [-0.05, 0) is 67.9 Å². The van der Waals surface area contributed by atoms with Crippen LogP contribution in [0.3, 0.4) is 0 Å². The predicted molar refractivity (Wildman–Crippen MR) is 125 cm³/mol. The van der Waals surface area contributed by atoms with Gasteiger partial charge in [0.1, 0.15) is 17.5 Å². The molecule has 162 valence electrons. The van der Waals surface area contributed by atoms with Gasteiger partial charge in [-0.15, -0.1) is 0 Å². The second-order valence-corrected chi connectivity index (χ2v) is 9.39. The van der Waals surface area contributed by atoms with Gasteiger partial charge in [-0.25, -0.2) is 8.42 Å². The highest BCUT2D eigenvalue weighted by atomic mass is 35.5. The standard InChI is InChI=1S/C23H23ClN2O4S/c1-16-9-10-18(24)15-22(16)26(31(3,28)29)17(2)23(27)25-19-11-13-21(14-12-19)30-20-7-5-4-6-8-20/h4-15,17H,1-3H3,(H,25,27)/t17-/m1/s1. The number of para-hydroxylation sites is 1. The Bertz CT molecular complexity index is 1170. The van der Waals surface area contributed by atoms with E-state index in [0.717, 1.165) is 10.6 Å². The van der Waals surface area contributed by atoms with Crippen LogP contribution in [0.1, 0.15) is 12.5 Å². The summed E-state index contributed by atoms with van der Waals surface area (Å²) in [5, 5.41) is 3.14. The van der Waals surface area contributed by atoms with Crippen molar-refractivity contribution in [2.45, 2.75) is 19.9 Å². The summed E-state index contributed by atoms with van der Waals surface area (Å²) in [6, 6.07) is 20.1. The predicted octanol–water partition coefficient (Wildman–Crippen LogP) is 5.23. The summed E-state index contributed by atoms with van der Waals surface area (Å²) in [6.07, 6.45) is 1.06. The van der Waals surface area contributed by atoms with Crippen LogP contribution in [-0.4, -0.2) is 26.6 Å². The molecule has 0 aliphatic carbocycles. The molecule has 1 amide bonds. The molecule has 3 aromatic carbocycles. The first kappa shape index (κ1) is 22.7. The first-order chi connectivity index (χ1) is 14.6. The van der Waals surface area contributed by atoms with E-state index in [1.807, 2.05) is 30.3 Å². The highest BCUT2D eigenvalue weighted by molar-refractivity contribution is 7.92. The Morgan fingerprint density at radius 3 is 2.23 bits per heavy atom. The van der Waals surface area contributed by atoms with E-state index in [4.69, 9.17) is 16.3 Å². The molecule has 1 N–H and O–H groups in total. The molecule has 0 bridgehead atoms. The summed E-state index contributed by atoms with van der Waals surface area (Å²) >= 11 is 6.06. The van der Waals surface area contributed by atoms with E-state index < -0.39 is 22.0 Å². The zero-order valence-corrected chi connectivity index (χ0v) is 18.9. The Labute approximate surface area is 187 Å². The van der Waals surface area contributed by atoms with Crippen LogP contribution in [-0.2, 0) is 14.8 Å². The lowest BCUT2D eigenvalue weighted by molar-refractivity contribution is -0.116. The third kappa shape index (κ3) is 5.77. The molecule has 0 spiro atoms. The first-order valence-electron chi connectivity index (χ1n) is 9.54. The Morgan fingerprint density at radius 1 is 1.00 bits per heavy atom. The number of nitrogens with zero attached hydrogens (tertiary/aromatic N) is 1. The van der Waals surface area contributed by atoms with Crippen molar-refractivity contribution in [2.75, 3.05) is 15.9 Å². The fourth-order valence-corrected chi connectivity index (χ4v) is 4.47. The molecule has 6 nitrogen and oxygen atoms in total. The van der Waals surface area contributed by atoms with Gasteiger partial charge in [0, 0.05) is 10.7 Å². The summed E-state index contributed by atoms with van der Waals surface area (Å²) in [7, 11) is -3.74. The molecule has 3 rings (SSSR count). The van der Waals surface area contributed by atoms with E-state index in [2.05, 4.69) is 5.32 Å². The molecule has 0 radical (unpaired) electrons. The number of carbonyl (C=O) groups excluding carboxylic acids is 1. The van der Waals surface area contributed by atoms with Gasteiger partial charge in [0.15, 0.2) is 0 Å². The van der Waals surface area contributed by atoms with Crippen molar-refractivity contribution in [2.24, 2.45) is 0 Å². The number of hydrogen-bond acceptors (Lipinski definition) is 4. The van der Waals surface area contributed by atoms with Crippen LogP contribution >= 0.6 is 11.6 Å². The number of anilines is 2. The van der Waals surface area contributed by atoms with Gasteiger partial charge in [-0.1, -0.05) is 35.9 Å². The van der Waals surface area contributed by atoms with Crippen molar-refractivity contribution < 1.29 is 17.9 Å². The van der Waals surface area contributed by atoms with Crippen molar-refractivity contribution in [1.82, 2.24) is 0 Å². The number of aryl methyl sites for hydroxylation is 1. The zero-order valence-electron chi connectivity index (χ0n) is 17.4. The lowest BCUT2D eigenvalue weighted by atomic mass is 10.1. The SMILES string of the molecule is Cc1ccc(Cl)cc1N([C@H](C)C(=O)Nc1ccc(Oc2ccccc2)cc1)S(C)(=O)=O. The highest BCUT2D eigenvalue weighted by Gasteiger charge is 2.30. The third-order valence-corrected chi connectivity index (χ3v) is 6.06. The van der Waals surface area contributed by atoms with E-state index in [-0.39, 0.29) is 0 Å². The number of sulfonamides is 1. The second-order valence-electron chi connectivity index (χ2n) is 7.09. The minimum atomic E-state index is -3.74. The number of ether oxygens (including phenoxy) is 1. The number of benzene rings is 3. The van der Waals surface area contributed by atoms with E-state index >= 15 is 0 Å². The van der Waals surface area contributed by atoms with Crippen molar-refractivity contribution in [3.8, 4) is 11.5 Å². The van der Waals surface area contributed by atoms with E-state index in [1.165, 1.54) is 13.0 Å². The number of amides is 1. The van der Waals surface area contributed by atoms with E-state index in [1.54, 1.807) is 43.3 Å². The van der Waals surface area contributed by atoms with Gasteiger partial charge < -0.3 is 10.1 Å². The van der Waals surface area contributed by atoms with Crippen molar-refractivity contribution in [3.05, 3.63) is 83.4 Å². The Morgan fingerprint density at radius 2 is 1.61 bits per heavy atom. The van der Waals surface area contributed by atoms with Crippen LogP contribution in [0.5, 0.6) is 11.5 Å². The molecular weight excluding hydrogens is 436 g/mol. The highest BCUT2D eigenvalue weighted by Crippen LogP contribution is 2.29. The Balaban J connectivity index is 1.77. The van der Waals surface area contributed by atoms with Crippen LogP contribution in [0.15, 0.2) is 72.8 Å². The van der Waals surface area contributed by atoms with Gasteiger partial charge in [0.25, 0.3) is 0 Å². The summed E-state index contributed by atoms with van der Waals surface area (Å²) in [5.74, 6) is 0.847. The van der Waals surface area contributed by atoms with Crippen molar-refractivity contribution in [1.29, 1.82) is 0 Å². The number of nitrogens with one attached hydrogen (secondary N) is 1. The van der Waals surface area contributed by atoms with E-state index in [9.17, 15) is 13.2 Å². The van der Waals surface area contributed by atoms with Gasteiger partial charge in [0.05, 0.1) is 11.9 Å². The normalized spacial score (nSPS) is 12.1. The second kappa shape index (κ2) is 9.41. The summed E-state index contributed by atoms with van der Waals surface area (Å²) in [4.78, 5) is 12.9. The Hall–Kier alpha value is -3.03. The molecule has 31 heavy (non-hydrogen) atoms. The number of halogens is 1. The molecule has 0 aliphatic rings. The van der Waals surface area contributed by atoms with Crippen LogP contribution < -0.4 is 14.4 Å². The fraction of sp³-hybridized carbons (Fsp3) is 0.174. The average molecular weight is 459 g/mol. The molecule has 0 unspecified atom stereocenters. The molecule has 8 heteroatoms. The number of rotatable bonds is 7. The van der Waals surface area contributed by atoms with Crippen molar-refractivity contribution in [3.63, 3.8) is 0 Å². The van der Waals surface area contributed by atoms with Crippen molar-refractivity contribution >= 4 is 38.9 Å². The first-order valence-corrected chi connectivity index (χ1v) is 11.8. The molecule has 3 aromatic rings. The smallest absolute Gasteiger partial charge is 0.247 e. The molecule has 0 heterocycles. The van der Waals surface area contributed by atoms with Crippen LogP contribution in [0.2, 0.25) is 5.02 Å². The third-order valence-electron chi connectivity index (χ3n) is 4.60. The topological polar surface area (TPSA) is 75.7 Å². The van der Waals surface area contributed by atoms with E-state index in [0.29, 0.717) is 33.5 Å². The molecule has 0 aromatic heterocycles. The number of hydrogen-bond donors (Lipinski definition) is 1. The molecule has 0 saturated carbocycles. The zero-order chi connectivity index (χ0) is 22.6. The fourth-order valence-electron chi connectivity index (χ4n) is 3.08. The summed E-state index contributed by atoms with van der Waals surface area (Å²) in [5.41, 5.74) is 1.58. The largest absolute Gasteiger partial charge is 0.457 e. The maximum Gasteiger partial charge on any atom is 0.247 e. The minimum absolute atomic E-state index is 0.365. The molecule has 0 saturated heterocycles. The summed E-state index contributed by atoms with van der Waals surface area (Å²) < 4.78 is 31.8. The molecule has 0 aliphatic heterocycles. The monoisotopic (exact) mass is 458 g/mol. The maximum atomic E-state index is 12.9. The molecule has 0 fully saturated rings.